The Morgan fingerprint density at radius 2 is 1.85 bits per heavy atom. The first-order valence-electron chi connectivity index (χ1n) is 13.7. The van der Waals surface area contributed by atoms with Crippen LogP contribution in [0.4, 0.5) is 13.2 Å². The Balaban J connectivity index is 1.06. The Labute approximate surface area is 235 Å². The van der Waals surface area contributed by atoms with Crippen molar-refractivity contribution in [1.29, 1.82) is 0 Å². The van der Waals surface area contributed by atoms with E-state index in [-0.39, 0.29) is 24.3 Å². The fraction of sp³-hybridized carbons (Fsp3) is 0.467. The molecule has 1 aromatic carbocycles. The number of carbonyl (C=O) groups is 2. The molecule has 1 saturated carbocycles. The number of benzene rings is 1. The number of alkyl halides is 3. The predicted octanol–water partition coefficient (Wildman–Crippen LogP) is 6.50. The van der Waals surface area contributed by atoms with Crippen molar-refractivity contribution in [2.75, 3.05) is 13.1 Å². The van der Waals surface area contributed by atoms with E-state index in [1.54, 1.807) is 28.6 Å². The van der Waals surface area contributed by atoms with Gasteiger partial charge in [0.25, 0.3) is 0 Å². The molecule has 3 heterocycles. The van der Waals surface area contributed by atoms with E-state index >= 15 is 0 Å². The minimum Gasteiger partial charge on any atom is -0.384 e. The van der Waals surface area contributed by atoms with Gasteiger partial charge in [-0.25, -0.2) is 4.98 Å². The summed E-state index contributed by atoms with van der Waals surface area (Å²) in [6.07, 6.45) is 3.86. The predicted molar refractivity (Wildman–Crippen MR) is 146 cm³/mol. The number of Topliss-reactive ketones (excluding diaryl/α,β-unsaturated/α-hetero) is 1. The minimum atomic E-state index is -4.52. The van der Waals surface area contributed by atoms with Crippen molar-refractivity contribution in [3.63, 3.8) is 0 Å². The molecule has 1 N–H and O–H groups in total. The summed E-state index contributed by atoms with van der Waals surface area (Å²) in [5.74, 6) is 0.248. The summed E-state index contributed by atoms with van der Waals surface area (Å²) in [5, 5.41) is 14.1. The summed E-state index contributed by atoms with van der Waals surface area (Å²) in [6, 6.07) is 8.20. The molecule has 10 heteroatoms. The van der Waals surface area contributed by atoms with E-state index in [1.165, 1.54) is 12.1 Å². The van der Waals surface area contributed by atoms with Gasteiger partial charge in [0.1, 0.15) is 10.6 Å². The lowest BCUT2D eigenvalue weighted by Crippen LogP contribution is -2.33. The zero-order chi connectivity index (χ0) is 28.3. The third-order valence-electron chi connectivity index (χ3n) is 8.23. The van der Waals surface area contributed by atoms with Gasteiger partial charge in [-0.15, -0.1) is 11.3 Å². The number of amides is 1. The molecule has 2 aromatic heterocycles. The standard InChI is InChI=1S/C30H32F3N3O3S/c31-30(32,33)24-3-1-2-22(17-24)25(37)5-7-27(38)36-14-10-21(19-36)16-20-8-11-29(39,12-9-20)26-6-4-23(18-35-26)28-34-13-15-40-28/h1-4,6,13,15,17-18,20-21,39H,5,7-12,14,16,19H2. The third-order valence-corrected chi connectivity index (χ3v) is 9.06. The second kappa shape index (κ2) is 11.8. The molecule has 5 rings (SSSR count). The minimum absolute atomic E-state index is 0.00734. The van der Waals surface area contributed by atoms with Crippen LogP contribution in [0, 0.1) is 11.8 Å². The SMILES string of the molecule is O=C(CCC(=O)N1CCC(CC2CCC(O)(c3ccc(-c4nccs4)cn3)CC2)C1)c1cccc(C(F)(F)F)c1. The Bertz CT molecular complexity index is 1320. The van der Waals surface area contributed by atoms with Gasteiger partial charge < -0.3 is 10.0 Å². The number of hydrogen-bond acceptors (Lipinski definition) is 6. The van der Waals surface area contributed by atoms with Crippen molar-refractivity contribution in [1.82, 2.24) is 14.9 Å². The first-order valence-corrected chi connectivity index (χ1v) is 14.6. The van der Waals surface area contributed by atoms with Gasteiger partial charge >= 0.3 is 6.18 Å². The normalized spacial score (nSPS) is 23.4. The van der Waals surface area contributed by atoms with Crippen LogP contribution in [-0.2, 0) is 16.6 Å². The fourth-order valence-corrected chi connectivity index (χ4v) is 6.55. The zero-order valence-corrected chi connectivity index (χ0v) is 22.9. The van der Waals surface area contributed by atoms with Crippen LogP contribution in [0.1, 0.15) is 73.0 Å². The molecule has 0 radical (unpaired) electrons. The van der Waals surface area contributed by atoms with E-state index in [2.05, 4.69) is 9.97 Å². The Kier molecular flexibility index (Phi) is 8.37. The first kappa shape index (κ1) is 28.4. The zero-order valence-electron chi connectivity index (χ0n) is 22.1. The summed E-state index contributed by atoms with van der Waals surface area (Å²) in [5.41, 5.74) is -0.180. The van der Waals surface area contributed by atoms with Crippen molar-refractivity contribution in [3.8, 4) is 10.6 Å². The Morgan fingerprint density at radius 1 is 1.05 bits per heavy atom. The molecule has 40 heavy (non-hydrogen) atoms. The average molecular weight is 572 g/mol. The van der Waals surface area contributed by atoms with Gasteiger partial charge in [-0.05, 0) is 74.6 Å². The number of rotatable bonds is 8. The number of aromatic nitrogens is 2. The topological polar surface area (TPSA) is 83.4 Å². The maximum absolute atomic E-state index is 12.9. The molecule has 1 saturated heterocycles. The molecular formula is C30H32F3N3O3S. The molecule has 3 aromatic rings. The lowest BCUT2D eigenvalue weighted by atomic mass is 9.74. The smallest absolute Gasteiger partial charge is 0.384 e. The Morgan fingerprint density at radius 3 is 2.52 bits per heavy atom. The van der Waals surface area contributed by atoms with Gasteiger partial charge in [0.05, 0.1) is 11.3 Å². The summed E-state index contributed by atoms with van der Waals surface area (Å²) in [7, 11) is 0. The number of aliphatic hydroxyl groups is 1. The molecule has 212 valence electrons. The van der Waals surface area contributed by atoms with E-state index in [4.69, 9.17) is 0 Å². The van der Waals surface area contributed by atoms with E-state index in [0.717, 1.165) is 48.4 Å². The number of ketones is 1. The number of hydrogen-bond donors (Lipinski definition) is 1. The second-order valence-corrected chi connectivity index (χ2v) is 11.9. The van der Waals surface area contributed by atoms with Gasteiger partial charge in [-0.1, -0.05) is 12.1 Å². The van der Waals surface area contributed by atoms with Gasteiger partial charge in [0, 0.05) is 54.8 Å². The quantitative estimate of drug-likeness (QED) is 0.312. The van der Waals surface area contributed by atoms with Crippen LogP contribution in [0.15, 0.2) is 54.2 Å². The lowest BCUT2D eigenvalue weighted by Gasteiger charge is -2.36. The van der Waals surface area contributed by atoms with Crippen molar-refractivity contribution < 1.29 is 27.9 Å². The second-order valence-electron chi connectivity index (χ2n) is 11.0. The molecule has 1 amide bonds. The first-order chi connectivity index (χ1) is 19.1. The highest BCUT2D eigenvalue weighted by Crippen LogP contribution is 2.42. The van der Waals surface area contributed by atoms with Crippen LogP contribution in [0.3, 0.4) is 0 Å². The van der Waals surface area contributed by atoms with Crippen LogP contribution in [-0.4, -0.2) is 44.8 Å². The van der Waals surface area contributed by atoms with Crippen LogP contribution in [0.25, 0.3) is 10.6 Å². The molecule has 1 aliphatic heterocycles. The molecule has 1 aliphatic carbocycles. The van der Waals surface area contributed by atoms with Crippen LogP contribution in [0.5, 0.6) is 0 Å². The summed E-state index contributed by atoms with van der Waals surface area (Å²) in [6.45, 7) is 1.27. The third kappa shape index (κ3) is 6.61. The molecule has 0 bridgehead atoms. The van der Waals surface area contributed by atoms with Crippen molar-refractivity contribution >= 4 is 23.0 Å². The summed E-state index contributed by atoms with van der Waals surface area (Å²) in [4.78, 5) is 35.8. The van der Waals surface area contributed by atoms with E-state index in [1.807, 2.05) is 17.5 Å². The molecule has 1 atom stereocenters. The number of carbonyl (C=O) groups excluding carboxylic acids is 2. The van der Waals surface area contributed by atoms with Gasteiger partial charge in [-0.2, -0.15) is 13.2 Å². The molecule has 0 spiro atoms. The van der Waals surface area contributed by atoms with Crippen molar-refractivity contribution in [2.24, 2.45) is 11.8 Å². The maximum Gasteiger partial charge on any atom is 0.416 e. The van der Waals surface area contributed by atoms with Gasteiger partial charge in [-0.3, -0.25) is 14.6 Å². The van der Waals surface area contributed by atoms with Crippen molar-refractivity contribution in [3.05, 3.63) is 71.0 Å². The fourth-order valence-electron chi connectivity index (χ4n) is 5.92. The van der Waals surface area contributed by atoms with Crippen molar-refractivity contribution in [2.45, 2.75) is 63.1 Å². The Hall–Kier alpha value is -3.11. The van der Waals surface area contributed by atoms with Crippen LogP contribution in [0.2, 0.25) is 0 Å². The number of halogens is 3. The largest absolute Gasteiger partial charge is 0.416 e. The molecule has 1 unspecified atom stereocenters. The lowest BCUT2D eigenvalue weighted by molar-refractivity contribution is -0.137. The van der Waals surface area contributed by atoms with E-state index in [0.29, 0.717) is 43.5 Å². The highest BCUT2D eigenvalue weighted by molar-refractivity contribution is 7.13. The summed E-state index contributed by atoms with van der Waals surface area (Å²) >= 11 is 1.55. The molecule has 2 fully saturated rings. The number of likely N-dealkylation sites (tertiary alicyclic amines) is 1. The van der Waals surface area contributed by atoms with E-state index in [9.17, 15) is 27.9 Å². The van der Waals surface area contributed by atoms with E-state index < -0.39 is 23.1 Å². The average Bonchev–Trinajstić information content (AvgIpc) is 3.66. The summed E-state index contributed by atoms with van der Waals surface area (Å²) < 4.78 is 38.8. The highest BCUT2D eigenvalue weighted by atomic mass is 32.1. The molecular weight excluding hydrogens is 539 g/mol. The maximum atomic E-state index is 12.9. The van der Waals surface area contributed by atoms with Crippen LogP contribution >= 0.6 is 11.3 Å². The number of nitrogens with zero attached hydrogens (tertiary/aromatic N) is 3. The molecule has 2 aliphatic rings. The monoisotopic (exact) mass is 571 g/mol. The van der Waals surface area contributed by atoms with Gasteiger partial charge in [0.15, 0.2) is 5.78 Å². The number of pyridine rings is 1. The molecule has 6 nitrogen and oxygen atoms in total. The highest BCUT2D eigenvalue weighted by Gasteiger charge is 2.38. The van der Waals surface area contributed by atoms with Gasteiger partial charge in [0.2, 0.25) is 5.91 Å². The number of thiazole rings is 1. The van der Waals surface area contributed by atoms with Crippen LogP contribution < -0.4 is 0 Å².